The summed E-state index contributed by atoms with van der Waals surface area (Å²) in [5.41, 5.74) is 13.3. The lowest BCUT2D eigenvalue weighted by atomic mass is 9.90. The van der Waals surface area contributed by atoms with Gasteiger partial charge in [0.2, 0.25) is 0 Å². The Morgan fingerprint density at radius 2 is 1.79 bits per heavy atom. The van der Waals surface area contributed by atoms with Crippen molar-refractivity contribution in [1.29, 1.82) is 0 Å². The van der Waals surface area contributed by atoms with Crippen LogP contribution in [0.15, 0.2) is 29.8 Å². The van der Waals surface area contributed by atoms with Crippen molar-refractivity contribution >= 4 is 18.0 Å². The van der Waals surface area contributed by atoms with E-state index >= 15 is 0 Å². The van der Waals surface area contributed by atoms with Gasteiger partial charge in [-0.15, -0.1) is 0 Å². The summed E-state index contributed by atoms with van der Waals surface area (Å²) >= 11 is 0. The molecule has 1 fully saturated rings. The molecule has 0 spiro atoms. The first-order valence-corrected chi connectivity index (χ1v) is 10.2. The second-order valence-electron chi connectivity index (χ2n) is 7.44. The molecule has 1 aromatic carbocycles. The summed E-state index contributed by atoms with van der Waals surface area (Å²) in [7, 11) is 0. The summed E-state index contributed by atoms with van der Waals surface area (Å²) in [4.78, 5) is 21.0. The summed E-state index contributed by atoms with van der Waals surface area (Å²) in [5.74, 6) is -2.23. The molecule has 3 unspecified atom stereocenters. The standard InChI is InChI=1S/C16H20O3.C6H14N2O2/c1-11(16(18)19)13-8-6-12(7-9-13)10-14-4-2-3-5-15(14)17;7-4-2-1-3-5(8)6(9)10/h6-11,15,17H,2-5H2,1H3,(H,18,19);5H,1-4,7-8H2,(H,9,10)/b14-10-;. The lowest BCUT2D eigenvalue weighted by Gasteiger charge is -2.20. The Labute approximate surface area is 172 Å². The molecule has 29 heavy (non-hydrogen) atoms. The quantitative estimate of drug-likeness (QED) is 0.417. The molecular formula is C22H34N2O5. The van der Waals surface area contributed by atoms with E-state index in [0.717, 1.165) is 55.2 Å². The van der Waals surface area contributed by atoms with Gasteiger partial charge in [-0.1, -0.05) is 43.2 Å². The van der Waals surface area contributed by atoms with E-state index in [0.29, 0.717) is 13.0 Å². The molecule has 0 radical (unpaired) electrons. The highest BCUT2D eigenvalue weighted by Crippen LogP contribution is 2.26. The maximum absolute atomic E-state index is 10.9. The van der Waals surface area contributed by atoms with Crippen LogP contribution in [0.5, 0.6) is 0 Å². The number of aliphatic carboxylic acids is 2. The van der Waals surface area contributed by atoms with E-state index in [9.17, 15) is 14.7 Å². The van der Waals surface area contributed by atoms with E-state index in [4.69, 9.17) is 21.7 Å². The summed E-state index contributed by atoms with van der Waals surface area (Å²) < 4.78 is 0. The number of hydrogen-bond donors (Lipinski definition) is 5. The Morgan fingerprint density at radius 1 is 1.14 bits per heavy atom. The Morgan fingerprint density at radius 3 is 2.31 bits per heavy atom. The fraction of sp³-hybridized carbons (Fsp3) is 0.545. The molecule has 7 heteroatoms. The van der Waals surface area contributed by atoms with E-state index in [1.165, 1.54) is 0 Å². The van der Waals surface area contributed by atoms with Gasteiger partial charge in [-0.25, -0.2) is 0 Å². The van der Waals surface area contributed by atoms with E-state index in [1.807, 2.05) is 30.3 Å². The number of benzene rings is 1. The third-order valence-corrected chi connectivity index (χ3v) is 5.07. The number of carboxylic acids is 2. The van der Waals surface area contributed by atoms with Crippen LogP contribution in [0.4, 0.5) is 0 Å². The highest BCUT2D eigenvalue weighted by molar-refractivity contribution is 5.75. The third kappa shape index (κ3) is 9.21. The van der Waals surface area contributed by atoms with Crippen molar-refractivity contribution in [3.63, 3.8) is 0 Å². The molecule has 7 nitrogen and oxygen atoms in total. The Bertz CT molecular complexity index is 672. The maximum Gasteiger partial charge on any atom is 0.320 e. The molecule has 0 aliphatic heterocycles. The van der Waals surface area contributed by atoms with Crippen molar-refractivity contribution < 1.29 is 24.9 Å². The maximum atomic E-state index is 10.9. The first-order chi connectivity index (χ1) is 13.8. The molecule has 1 aromatic rings. The molecule has 1 saturated carbocycles. The summed E-state index contributed by atoms with van der Waals surface area (Å²) in [6, 6.07) is 6.82. The molecular weight excluding hydrogens is 372 g/mol. The molecule has 0 saturated heterocycles. The number of aliphatic hydroxyl groups is 1. The minimum atomic E-state index is -0.933. The minimum absolute atomic E-state index is 0.314. The van der Waals surface area contributed by atoms with Crippen LogP contribution in [0.2, 0.25) is 0 Å². The van der Waals surface area contributed by atoms with Gasteiger partial charge in [0.15, 0.2) is 0 Å². The van der Waals surface area contributed by atoms with Crippen LogP contribution in [0.3, 0.4) is 0 Å². The fourth-order valence-electron chi connectivity index (χ4n) is 3.06. The molecule has 0 heterocycles. The van der Waals surface area contributed by atoms with Crippen molar-refractivity contribution in [1.82, 2.24) is 0 Å². The van der Waals surface area contributed by atoms with Crippen molar-refractivity contribution in [2.24, 2.45) is 11.5 Å². The third-order valence-electron chi connectivity index (χ3n) is 5.07. The summed E-state index contributed by atoms with van der Waals surface area (Å²) in [6.45, 7) is 2.28. The van der Waals surface area contributed by atoms with Crippen LogP contribution in [0.25, 0.3) is 6.08 Å². The van der Waals surface area contributed by atoms with Crippen LogP contribution in [0.1, 0.15) is 68.9 Å². The van der Waals surface area contributed by atoms with Crippen molar-refractivity contribution in [2.75, 3.05) is 6.54 Å². The van der Waals surface area contributed by atoms with Crippen LogP contribution < -0.4 is 11.5 Å². The summed E-state index contributed by atoms with van der Waals surface area (Å²) in [6.07, 6.45) is 7.90. The van der Waals surface area contributed by atoms with Gasteiger partial charge in [-0.3, -0.25) is 9.59 Å². The molecule has 3 atom stereocenters. The normalized spacial score (nSPS) is 19.7. The van der Waals surface area contributed by atoms with Crippen LogP contribution >= 0.6 is 0 Å². The molecule has 0 aromatic heterocycles. The molecule has 1 aliphatic rings. The zero-order chi connectivity index (χ0) is 21.8. The van der Waals surface area contributed by atoms with Crippen molar-refractivity contribution in [2.45, 2.75) is 69.9 Å². The highest BCUT2D eigenvalue weighted by atomic mass is 16.4. The zero-order valence-electron chi connectivity index (χ0n) is 17.1. The van der Waals surface area contributed by atoms with E-state index in [-0.39, 0.29) is 6.10 Å². The van der Waals surface area contributed by atoms with E-state index in [1.54, 1.807) is 6.92 Å². The van der Waals surface area contributed by atoms with Gasteiger partial charge in [0.05, 0.1) is 12.0 Å². The van der Waals surface area contributed by atoms with Gasteiger partial charge < -0.3 is 26.8 Å². The molecule has 162 valence electrons. The average Bonchev–Trinajstić information content (AvgIpc) is 2.70. The van der Waals surface area contributed by atoms with Crippen LogP contribution in [-0.4, -0.2) is 45.9 Å². The minimum Gasteiger partial charge on any atom is -0.481 e. The second-order valence-corrected chi connectivity index (χ2v) is 7.44. The average molecular weight is 407 g/mol. The topological polar surface area (TPSA) is 147 Å². The van der Waals surface area contributed by atoms with E-state index in [2.05, 4.69) is 0 Å². The lowest BCUT2D eigenvalue weighted by molar-refractivity contribution is -0.139. The predicted octanol–water partition coefficient (Wildman–Crippen LogP) is 2.72. The van der Waals surface area contributed by atoms with Gasteiger partial charge in [0.25, 0.3) is 0 Å². The van der Waals surface area contributed by atoms with Gasteiger partial charge >= 0.3 is 11.9 Å². The summed E-state index contributed by atoms with van der Waals surface area (Å²) in [5, 5.41) is 27.2. The van der Waals surface area contributed by atoms with Crippen molar-refractivity contribution in [3.05, 3.63) is 41.0 Å². The van der Waals surface area contributed by atoms with Gasteiger partial charge in [-0.05, 0) is 62.3 Å². The Balaban J connectivity index is 0.000000359. The second kappa shape index (κ2) is 13.1. The highest BCUT2D eigenvalue weighted by Gasteiger charge is 2.16. The predicted molar refractivity (Wildman–Crippen MR) is 113 cm³/mol. The molecule has 2 rings (SSSR count). The van der Waals surface area contributed by atoms with Crippen molar-refractivity contribution in [3.8, 4) is 0 Å². The van der Waals surface area contributed by atoms with E-state index < -0.39 is 23.9 Å². The molecule has 0 bridgehead atoms. The smallest absolute Gasteiger partial charge is 0.320 e. The largest absolute Gasteiger partial charge is 0.481 e. The molecule has 7 N–H and O–H groups in total. The molecule has 1 aliphatic carbocycles. The van der Waals surface area contributed by atoms with Crippen LogP contribution in [0, 0.1) is 0 Å². The number of rotatable bonds is 8. The van der Waals surface area contributed by atoms with Gasteiger partial charge in [-0.2, -0.15) is 0 Å². The van der Waals surface area contributed by atoms with Gasteiger partial charge in [0.1, 0.15) is 6.04 Å². The lowest BCUT2D eigenvalue weighted by Crippen LogP contribution is -2.29. The van der Waals surface area contributed by atoms with Gasteiger partial charge in [0, 0.05) is 0 Å². The van der Waals surface area contributed by atoms with Crippen LogP contribution in [-0.2, 0) is 9.59 Å². The Kier molecular flexibility index (Phi) is 11.2. The number of aliphatic hydroxyl groups excluding tert-OH is 1. The number of carboxylic acid groups (broad SMARTS) is 2. The number of nitrogens with two attached hydrogens (primary N) is 2. The zero-order valence-corrected chi connectivity index (χ0v) is 17.1. The first kappa shape index (κ1) is 24.8. The number of carbonyl (C=O) groups is 2. The first-order valence-electron chi connectivity index (χ1n) is 10.2. The monoisotopic (exact) mass is 406 g/mol. The fourth-order valence-corrected chi connectivity index (χ4v) is 3.06. The molecule has 0 amide bonds. The SMILES string of the molecule is CC(C(=O)O)c1ccc(/C=C2/CCCCC2O)cc1.NCCCCC(N)C(=O)O. The number of unbranched alkanes of at least 4 members (excludes halogenated alkanes) is 1. The Hall–Kier alpha value is -2.22. The number of hydrogen-bond acceptors (Lipinski definition) is 5.